The molecule has 5 nitrogen and oxygen atoms in total. The Morgan fingerprint density at radius 3 is 2.33 bits per heavy atom. The summed E-state index contributed by atoms with van der Waals surface area (Å²) in [7, 11) is 1.80. The van der Waals surface area contributed by atoms with E-state index in [4.69, 9.17) is 4.74 Å². The lowest BCUT2D eigenvalue weighted by molar-refractivity contribution is 0.126. The standard InChI is InChI=1S/C17H25N3O2.2ClH/c1-18-14-16(22-17(18)21)8-5-9-19-10-12-20(13-11-19)15-6-3-2-4-7-15;;/h2-4,6-7,16H,5,8-14H2,1H3;2*1H. The highest BCUT2D eigenvalue weighted by Gasteiger charge is 2.27. The second kappa shape index (κ2) is 9.97. The average Bonchev–Trinajstić information content (AvgIpc) is 2.87. The van der Waals surface area contributed by atoms with Crippen molar-refractivity contribution < 1.29 is 9.53 Å². The van der Waals surface area contributed by atoms with Gasteiger partial charge in [0.05, 0.1) is 6.54 Å². The molecular formula is C17H27Cl2N3O2. The minimum absolute atomic E-state index is 0. The van der Waals surface area contributed by atoms with Crippen LogP contribution in [-0.2, 0) is 4.74 Å². The molecular weight excluding hydrogens is 349 g/mol. The number of amides is 1. The second-order valence-electron chi connectivity index (χ2n) is 6.19. The highest BCUT2D eigenvalue weighted by Crippen LogP contribution is 2.17. The zero-order valence-corrected chi connectivity index (χ0v) is 15.7. The van der Waals surface area contributed by atoms with E-state index in [0.29, 0.717) is 0 Å². The van der Waals surface area contributed by atoms with E-state index in [0.717, 1.165) is 52.1 Å². The number of rotatable bonds is 5. The van der Waals surface area contributed by atoms with Crippen molar-refractivity contribution in [3.63, 3.8) is 0 Å². The molecule has 0 aliphatic carbocycles. The van der Waals surface area contributed by atoms with Gasteiger partial charge in [0.2, 0.25) is 0 Å². The SMILES string of the molecule is CN1CC(CCCN2CCN(c3ccccc3)CC2)OC1=O.Cl.Cl. The molecule has 0 spiro atoms. The summed E-state index contributed by atoms with van der Waals surface area (Å²) in [6, 6.07) is 10.6. The number of hydrogen-bond donors (Lipinski definition) is 0. The highest BCUT2D eigenvalue weighted by molar-refractivity contribution is 5.85. The first-order chi connectivity index (χ1) is 10.7. The summed E-state index contributed by atoms with van der Waals surface area (Å²) in [6.45, 7) is 6.23. The van der Waals surface area contributed by atoms with Crippen molar-refractivity contribution in [3.8, 4) is 0 Å². The van der Waals surface area contributed by atoms with Crippen LogP contribution in [0.4, 0.5) is 10.5 Å². The van der Waals surface area contributed by atoms with Crippen molar-refractivity contribution in [3.05, 3.63) is 30.3 Å². The molecule has 24 heavy (non-hydrogen) atoms. The lowest BCUT2D eigenvalue weighted by Crippen LogP contribution is -2.46. The molecule has 2 heterocycles. The lowest BCUT2D eigenvalue weighted by Gasteiger charge is -2.36. The van der Waals surface area contributed by atoms with Gasteiger partial charge in [-0.2, -0.15) is 0 Å². The fourth-order valence-electron chi connectivity index (χ4n) is 3.21. The Bertz CT molecular complexity index is 496. The van der Waals surface area contributed by atoms with Gasteiger partial charge in [0.15, 0.2) is 0 Å². The largest absolute Gasteiger partial charge is 0.444 e. The van der Waals surface area contributed by atoms with E-state index in [1.165, 1.54) is 5.69 Å². The van der Waals surface area contributed by atoms with Crippen LogP contribution in [0.1, 0.15) is 12.8 Å². The number of anilines is 1. The number of carbonyl (C=O) groups is 1. The molecule has 2 aliphatic rings. The van der Waals surface area contributed by atoms with Crippen LogP contribution in [0.25, 0.3) is 0 Å². The second-order valence-corrected chi connectivity index (χ2v) is 6.19. The van der Waals surface area contributed by atoms with Crippen LogP contribution < -0.4 is 4.90 Å². The fourth-order valence-corrected chi connectivity index (χ4v) is 3.21. The fraction of sp³-hybridized carbons (Fsp3) is 0.588. The predicted molar refractivity (Wildman–Crippen MR) is 102 cm³/mol. The van der Waals surface area contributed by atoms with Gasteiger partial charge in [-0.15, -0.1) is 24.8 Å². The van der Waals surface area contributed by atoms with E-state index in [2.05, 4.69) is 40.1 Å². The Kier molecular flexibility index (Phi) is 8.67. The van der Waals surface area contributed by atoms with E-state index in [1.807, 2.05) is 0 Å². The normalized spacial score (nSPS) is 21.0. The van der Waals surface area contributed by atoms with Crippen LogP contribution in [0.2, 0.25) is 0 Å². The zero-order valence-electron chi connectivity index (χ0n) is 14.1. The van der Waals surface area contributed by atoms with Crippen molar-refractivity contribution in [2.24, 2.45) is 0 Å². The molecule has 2 saturated heterocycles. The maximum absolute atomic E-state index is 11.3. The van der Waals surface area contributed by atoms with E-state index in [-0.39, 0.29) is 37.0 Å². The maximum atomic E-state index is 11.3. The van der Waals surface area contributed by atoms with Gasteiger partial charge in [0.25, 0.3) is 0 Å². The maximum Gasteiger partial charge on any atom is 0.409 e. The van der Waals surface area contributed by atoms with Gasteiger partial charge in [0.1, 0.15) is 6.10 Å². The monoisotopic (exact) mass is 375 g/mol. The average molecular weight is 376 g/mol. The lowest BCUT2D eigenvalue weighted by atomic mass is 10.1. The first-order valence-electron chi connectivity index (χ1n) is 8.16. The molecule has 0 N–H and O–H groups in total. The van der Waals surface area contributed by atoms with Crippen molar-refractivity contribution in [1.29, 1.82) is 0 Å². The first kappa shape index (κ1) is 20.9. The summed E-state index contributed by atoms with van der Waals surface area (Å²) in [5.74, 6) is 0. The van der Waals surface area contributed by atoms with Gasteiger partial charge in [-0.05, 0) is 31.5 Å². The molecule has 136 valence electrons. The Morgan fingerprint density at radius 1 is 1.08 bits per heavy atom. The molecule has 2 aliphatic heterocycles. The van der Waals surface area contributed by atoms with Crippen LogP contribution in [0.5, 0.6) is 0 Å². The van der Waals surface area contributed by atoms with Gasteiger partial charge in [-0.1, -0.05) is 18.2 Å². The van der Waals surface area contributed by atoms with Crippen LogP contribution in [-0.4, -0.2) is 68.3 Å². The Labute approximate surface area is 156 Å². The number of nitrogens with zero attached hydrogens (tertiary/aromatic N) is 3. The van der Waals surface area contributed by atoms with Crippen LogP contribution in [0.3, 0.4) is 0 Å². The van der Waals surface area contributed by atoms with E-state index in [9.17, 15) is 4.79 Å². The number of piperazine rings is 1. The number of benzene rings is 1. The molecule has 2 fully saturated rings. The third-order valence-corrected chi connectivity index (χ3v) is 4.55. The molecule has 1 aromatic carbocycles. The minimum atomic E-state index is -0.179. The number of likely N-dealkylation sites (N-methyl/N-ethyl adjacent to an activating group) is 1. The summed E-state index contributed by atoms with van der Waals surface area (Å²) in [4.78, 5) is 17.9. The smallest absolute Gasteiger partial charge is 0.409 e. The van der Waals surface area contributed by atoms with Gasteiger partial charge >= 0.3 is 6.09 Å². The van der Waals surface area contributed by atoms with Crippen molar-refractivity contribution >= 4 is 36.6 Å². The summed E-state index contributed by atoms with van der Waals surface area (Å²) >= 11 is 0. The number of hydrogen-bond acceptors (Lipinski definition) is 4. The molecule has 1 amide bonds. The quantitative estimate of drug-likeness (QED) is 0.792. The van der Waals surface area contributed by atoms with Crippen LogP contribution >= 0.6 is 24.8 Å². The number of halogens is 2. The molecule has 1 unspecified atom stereocenters. The van der Waals surface area contributed by atoms with Crippen LogP contribution in [0, 0.1) is 0 Å². The van der Waals surface area contributed by atoms with Gasteiger partial charge in [-0.25, -0.2) is 4.79 Å². The van der Waals surface area contributed by atoms with Crippen molar-refractivity contribution in [2.75, 3.05) is 51.2 Å². The molecule has 0 saturated carbocycles. The first-order valence-corrected chi connectivity index (χ1v) is 8.16. The zero-order chi connectivity index (χ0) is 15.4. The number of ether oxygens (including phenoxy) is 1. The topological polar surface area (TPSA) is 36.0 Å². The summed E-state index contributed by atoms with van der Waals surface area (Å²) in [6.07, 6.45) is 1.97. The molecule has 1 aromatic rings. The molecule has 7 heteroatoms. The Morgan fingerprint density at radius 2 is 1.75 bits per heavy atom. The third-order valence-electron chi connectivity index (χ3n) is 4.55. The molecule has 1 atom stereocenters. The Hall–Kier alpha value is -1.17. The molecule has 0 aromatic heterocycles. The summed E-state index contributed by atoms with van der Waals surface area (Å²) in [5, 5.41) is 0. The number of para-hydroxylation sites is 1. The molecule has 0 radical (unpaired) electrons. The van der Waals surface area contributed by atoms with E-state index in [1.54, 1.807) is 11.9 Å². The number of carbonyl (C=O) groups excluding carboxylic acids is 1. The summed E-state index contributed by atoms with van der Waals surface area (Å²) in [5.41, 5.74) is 1.32. The summed E-state index contributed by atoms with van der Waals surface area (Å²) < 4.78 is 5.30. The third kappa shape index (κ3) is 5.43. The van der Waals surface area contributed by atoms with E-state index < -0.39 is 0 Å². The van der Waals surface area contributed by atoms with Gasteiger partial charge < -0.3 is 14.5 Å². The van der Waals surface area contributed by atoms with E-state index >= 15 is 0 Å². The van der Waals surface area contributed by atoms with Crippen molar-refractivity contribution in [1.82, 2.24) is 9.80 Å². The van der Waals surface area contributed by atoms with Crippen molar-refractivity contribution in [2.45, 2.75) is 18.9 Å². The van der Waals surface area contributed by atoms with Gasteiger partial charge in [0, 0.05) is 38.9 Å². The van der Waals surface area contributed by atoms with Gasteiger partial charge in [-0.3, -0.25) is 4.90 Å². The Balaban J connectivity index is 0.00000144. The highest BCUT2D eigenvalue weighted by atomic mass is 35.5. The molecule has 0 bridgehead atoms. The van der Waals surface area contributed by atoms with Crippen LogP contribution in [0.15, 0.2) is 30.3 Å². The molecule has 3 rings (SSSR count). The number of cyclic esters (lactones) is 1. The predicted octanol–water partition coefficient (Wildman–Crippen LogP) is 2.88. The minimum Gasteiger partial charge on any atom is -0.444 e.